The second-order valence-electron chi connectivity index (χ2n) is 5.36. The molecule has 3 nitrogen and oxygen atoms in total. The molecule has 2 aromatic rings. The molecular formula is C17H9F7O3. The summed E-state index contributed by atoms with van der Waals surface area (Å²) in [6, 6.07) is 3.67. The van der Waals surface area contributed by atoms with Gasteiger partial charge in [0.05, 0.1) is 22.3 Å². The van der Waals surface area contributed by atoms with Crippen LogP contribution in [0, 0.1) is 12.7 Å². The lowest BCUT2D eigenvalue weighted by Crippen LogP contribution is -2.21. The van der Waals surface area contributed by atoms with Crippen molar-refractivity contribution in [3.8, 4) is 0 Å². The number of ether oxygens (including phenoxy) is 1. The predicted octanol–water partition coefficient (Wildman–Crippen LogP) is 5.17. The third kappa shape index (κ3) is 4.44. The molecule has 0 aromatic heterocycles. The van der Waals surface area contributed by atoms with Gasteiger partial charge in [0, 0.05) is 0 Å². The van der Waals surface area contributed by atoms with Crippen molar-refractivity contribution >= 4 is 11.9 Å². The highest BCUT2D eigenvalue weighted by Gasteiger charge is 2.39. The van der Waals surface area contributed by atoms with Gasteiger partial charge in [0.2, 0.25) is 0 Å². The van der Waals surface area contributed by atoms with Crippen LogP contribution >= 0.6 is 0 Å². The smallest absolute Gasteiger partial charge is 0.386 e. The Morgan fingerprint density at radius 2 is 1.44 bits per heavy atom. The van der Waals surface area contributed by atoms with Crippen LogP contribution in [0.1, 0.15) is 37.4 Å². The molecule has 0 aliphatic carbocycles. The van der Waals surface area contributed by atoms with Crippen LogP contribution in [0.5, 0.6) is 0 Å². The Labute approximate surface area is 147 Å². The zero-order valence-corrected chi connectivity index (χ0v) is 13.3. The average Bonchev–Trinajstić information content (AvgIpc) is 2.52. The van der Waals surface area contributed by atoms with E-state index < -0.39 is 52.4 Å². The molecule has 0 saturated carbocycles. The minimum Gasteiger partial charge on any atom is -0.386 e. The van der Waals surface area contributed by atoms with Gasteiger partial charge in [-0.3, -0.25) is 0 Å². The van der Waals surface area contributed by atoms with E-state index in [9.17, 15) is 40.3 Å². The number of alkyl halides is 6. The Kier molecular flexibility index (Phi) is 5.30. The molecule has 27 heavy (non-hydrogen) atoms. The topological polar surface area (TPSA) is 43.4 Å². The molecule has 0 spiro atoms. The summed E-state index contributed by atoms with van der Waals surface area (Å²) in [4.78, 5) is 24.0. The van der Waals surface area contributed by atoms with E-state index in [0.29, 0.717) is 18.2 Å². The van der Waals surface area contributed by atoms with Crippen LogP contribution in [0.3, 0.4) is 0 Å². The fourth-order valence-corrected chi connectivity index (χ4v) is 2.29. The van der Waals surface area contributed by atoms with Crippen LogP contribution in [0.4, 0.5) is 30.7 Å². The van der Waals surface area contributed by atoms with Gasteiger partial charge < -0.3 is 4.74 Å². The standard InChI is InChI=1S/C17H9F7O3/c1-8-3-2-4-11(16(19,20)21)13(8)15(26)27-14(25)10-6-5-9(18)7-12(10)17(22,23)24/h2-7H,1H3. The Morgan fingerprint density at radius 3 is 2.00 bits per heavy atom. The van der Waals surface area contributed by atoms with E-state index in [1.165, 1.54) is 0 Å². The largest absolute Gasteiger partial charge is 0.417 e. The molecular weight excluding hydrogens is 385 g/mol. The first-order valence-corrected chi connectivity index (χ1v) is 7.12. The van der Waals surface area contributed by atoms with Crippen molar-refractivity contribution < 1.29 is 45.1 Å². The van der Waals surface area contributed by atoms with Crippen molar-refractivity contribution in [3.63, 3.8) is 0 Å². The van der Waals surface area contributed by atoms with E-state index >= 15 is 0 Å². The molecule has 0 N–H and O–H groups in total. The minimum absolute atomic E-state index is 0.00990. The highest BCUT2D eigenvalue weighted by atomic mass is 19.4. The van der Waals surface area contributed by atoms with Crippen LogP contribution in [-0.2, 0) is 17.1 Å². The van der Waals surface area contributed by atoms with E-state index in [-0.39, 0.29) is 11.6 Å². The Morgan fingerprint density at radius 1 is 0.852 bits per heavy atom. The Hall–Kier alpha value is -2.91. The first-order valence-electron chi connectivity index (χ1n) is 7.12. The second-order valence-corrected chi connectivity index (χ2v) is 5.36. The van der Waals surface area contributed by atoms with E-state index in [4.69, 9.17) is 0 Å². The van der Waals surface area contributed by atoms with Gasteiger partial charge in [-0.1, -0.05) is 12.1 Å². The van der Waals surface area contributed by atoms with Gasteiger partial charge in [-0.05, 0) is 36.8 Å². The van der Waals surface area contributed by atoms with E-state index in [1.54, 1.807) is 0 Å². The quantitative estimate of drug-likeness (QED) is 0.401. The molecule has 144 valence electrons. The molecule has 0 heterocycles. The SMILES string of the molecule is Cc1cccc(C(F)(F)F)c1C(=O)OC(=O)c1ccc(F)cc1C(F)(F)F. The number of rotatable bonds is 2. The van der Waals surface area contributed by atoms with Gasteiger partial charge in [-0.2, -0.15) is 26.3 Å². The number of esters is 2. The number of hydrogen-bond donors (Lipinski definition) is 0. The van der Waals surface area contributed by atoms with Crippen LogP contribution < -0.4 is 0 Å². The number of carbonyl (C=O) groups excluding carboxylic acids is 2. The lowest BCUT2D eigenvalue weighted by molar-refractivity contribution is -0.138. The van der Waals surface area contributed by atoms with Crippen molar-refractivity contribution in [2.24, 2.45) is 0 Å². The molecule has 0 amide bonds. The van der Waals surface area contributed by atoms with Crippen molar-refractivity contribution in [2.45, 2.75) is 19.3 Å². The summed E-state index contributed by atoms with van der Waals surface area (Å²) in [6.45, 7) is 1.13. The Balaban J connectivity index is 2.43. The molecule has 2 rings (SSSR count). The highest BCUT2D eigenvalue weighted by Crippen LogP contribution is 2.35. The fourth-order valence-electron chi connectivity index (χ4n) is 2.29. The molecule has 0 saturated heterocycles. The lowest BCUT2D eigenvalue weighted by Gasteiger charge is -2.15. The molecule has 0 atom stereocenters. The van der Waals surface area contributed by atoms with Gasteiger partial charge in [-0.15, -0.1) is 0 Å². The molecule has 0 fully saturated rings. The summed E-state index contributed by atoms with van der Waals surface area (Å²) in [5.41, 5.74) is -5.54. The number of carbonyl (C=O) groups is 2. The van der Waals surface area contributed by atoms with E-state index in [1.807, 2.05) is 0 Å². The van der Waals surface area contributed by atoms with Crippen LogP contribution in [-0.4, -0.2) is 11.9 Å². The summed E-state index contributed by atoms with van der Waals surface area (Å²) in [5.74, 6) is -4.94. The maximum atomic E-state index is 13.1. The maximum absolute atomic E-state index is 13.1. The normalized spacial score (nSPS) is 12.0. The van der Waals surface area contributed by atoms with Crippen LogP contribution in [0.25, 0.3) is 0 Å². The van der Waals surface area contributed by atoms with Crippen LogP contribution in [0.15, 0.2) is 36.4 Å². The first kappa shape index (κ1) is 20.4. The molecule has 0 bridgehead atoms. The zero-order valence-electron chi connectivity index (χ0n) is 13.3. The number of benzene rings is 2. The van der Waals surface area contributed by atoms with E-state index in [2.05, 4.69) is 4.74 Å². The summed E-state index contributed by atoms with van der Waals surface area (Å²) in [5, 5.41) is 0. The van der Waals surface area contributed by atoms with Gasteiger partial charge in [0.25, 0.3) is 0 Å². The van der Waals surface area contributed by atoms with Crippen molar-refractivity contribution in [1.82, 2.24) is 0 Å². The number of halogens is 7. The van der Waals surface area contributed by atoms with Gasteiger partial charge in [-0.25, -0.2) is 14.0 Å². The van der Waals surface area contributed by atoms with Crippen molar-refractivity contribution in [3.05, 3.63) is 70.0 Å². The molecule has 0 aliphatic rings. The zero-order chi connectivity index (χ0) is 20.6. The summed E-state index contributed by atoms with van der Waals surface area (Å²) in [7, 11) is 0. The second kappa shape index (κ2) is 7.01. The lowest BCUT2D eigenvalue weighted by atomic mass is 10.0. The summed E-state index contributed by atoms with van der Waals surface area (Å²) < 4.78 is 95.1. The third-order valence-corrected chi connectivity index (χ3v) is 3.47. The highest BCUT2D eigenvalue weighted by molar-refractivity contribution is 6.04. The van der Waals surface area contributed by atoms with E-state index in [0.717, 1.165) is 19.1 Å². The minimum atomic E-state index is -5.15. The summed E-state index contributed by atoms with van der Waals surface area (Å²) >= 11 is 0. The number of aryl methyl sites for hydroxylation is 1. The first-order chi connectivity index (χ1) is 12.3. The molecule has 0 aliphatic heterocycles. The van der Waals surface area contributed by atoms with Gasteiger partial charge in [0.1, 0.15) is 5.82 Å². The van der Waals surface area contributed by atoms with Crippen molar-refractivity contribution in [1.29, 1.82) is 0 Å². The predicted molar refractivity (Wildman–Crippen MR) is 77.3 cm³/mol. The van der Waals surface area contributed by atoms with Crippen molar-refractivity contribution in [2.75, 3.05) is 0 Å². The Bertz CT molecular complexity index is 898. The maximum Gasteiger partial charge on any atom is 0.417 e. The molecule has 2 aromatic carbocycles. The van der Waals surface area contributed by atoms with Gasteiger partial charge >= 0.3 is 24.3 Å². The third-order valence-electron chi connectivity index (χ3n) is 3.47. The number of hydrogen-bond acceptors (Lipinski definition) is 3. The van der Waals surface area contributed by atoms with Gasteiger partial charge in [0.15, 0.2) is 0 Å². The average molecular weight is 394 g/mol. The van der Waals surface area contributed by atoms with Crippen LogP contribution in [0.2, 0.25) is 0 Å². The fraction of sp³-hybridized carbons (Fsp3) is 0.176. The molecule has 0 unspecified atom stereocenters. The molecule has 0 radical (unpaired) electrons. The molecule has 10 heteroatoms. The monoisotopic (exact) mass is 394 g/mol. The summed E-state index contributed by atoms with van der Waals surface area (Å²) in [6.07, 6.45) is -10.1.